The summed E-state index contributed by atoms with van der Waals surface area (Å²) in [5, 5.41) is 13.0. The second-order valence-corrected chi connectivity index (χ2v) is 9.60. The molecule has 4 N–H and O–H groups in total. The Kier molecular flexibility index (Phi) is 6.78. The van der Waals surface area contributed by atoms with E-state index in [2.05, 4.69) is 10.1 Å². The lowest BCUT2D eigenvalue weighted by atomic mass is 9.78. The van der Waals surface area contributed by atoms with E-state index in [0.29, 0.717) is 18.5 Å². The number of hydrogen-bond acceptors (Lipinski definition) is 5. The Hall–Kier alpha value is -2.92. The van der Waals surface area contributed by atoms with Crippen LogP contribution in [-0.4, -0.2) is 48.6 Å². The fourth-order valence-corrected chi connectivity index (χ4v) is 5.71. The third-order valence-corrected chi connectivity index (χ3v) is 7.42. The van der Waals surface area contributed by atoms with Gasteiger partial charge in [-0.25, -0.2) is 8.78 Å². The van der Waals surface area contributed by atoms with Crippen LogP contribution in [0.4, 0.5) is 17.6 Å². The predicted molar refractivity (Wildman–Crippen MR) is 127 cm³/mol. The summed E-state index contributed by atoms with van der Waals surface area (Å²) in [7, 11) is 0. The standard InChI is InChI=1S/C26H23ClF4N2O4/c27-22-16(28)9-18-15(20(22)21-14(24(32)35)6-7-17(23(21)29)36-25(30)31)10-26(37-18,12-4-2-1-3-5-12)19-8-13(34)11-33-19/h1-7,9,13,17,19,23,25,33-34H,8,10-11H2,(H2,32,35)/t13?,17?,19?,23?,26-/m0/s1. The number of aliphatic hydroxyl groups is 1. The number of alkyl halides is 3. The quantitative estimate of drug-likeness (QED) is 0.487. The molecule has 2 aromatic carbocycles. The van der Waals surface area contributed by atoms with Crippen molar-refractivity contribution < 1.29 is 36.9 Å². The Labute approximate surface area is 214 Å². The molecule has 5 atom stereocenters. The molecule has 1 saturated heterocycles. The average molecular weight is 539 g/mol. The molecule has 0 spiro atoms. The number of benzene rings is 2. The Morgan fingerprint density at radius 1 is 1.30 bits per heavy atom. The summed E-state index contributed by atoms with van der Waals surface area (Å²) in [6.07, 6.45) is -2.30. The Bertz CT molecular complexity index is 1290. The number of nitrogens with two attached hydrogens (primary N) is 1. The van der Waals surface area contributed by atoms with Gasteiger partial charge < -0.3 is 25.6 Å². The lowest BCUT2D eigenvalue weighted by molar-refractivity contribution is -0.159. The first kappa shape index (κ1) is 25.7. The second-order valence-electron chi connectivity index (χ2n) is 9.22. The molecule has 3 aliphatic rings. The second kappa shape index (κ2) is 9.75. The number of halogens is 5. The van der Waals surface area contributed by atoms with Crippen LogP contribution >= 0.6 is 11.6 Å². The van der Waals surface area contributed by atoms with Crippen LogP contribution < -0.4 is 15.8 Å². The number of fused-ring (bicyclic) bond motifs is 1. The van der Waals surface area contributed by atoms with Crippen LogP contribution in [-0.2, 0) is 21.6 Å². The molecule has 1 aliphatic carbocycles. The molecule has 4 unspecified atom stereocenters. The van der Waals surface area contributed by atoms with Crippen molar-refractivity contribution in [2.45, 2.75) is 49.5 Å². The number of rotatable bonds is 6. The van der Waals surface area contributed by atoms with Gasteiger partial charge in [0.05, 0.1) is 17.2 Å². The molecule has 11 heteroatoms. The maximum atomic E-state index is 15.8. The summed E-state index contributed by atoms with van der Waals surface area (Å²) in [6.45, 7) is -2.99. The van der Waals surface area contributed by atoms with Crippen LogP contribution in [0.1, 0.15) is 23.1 Å². The minimum Gasteiger partial charge on any atom is -0.480 e. The molecule has 0 bridgehead atoms. The number of carbonyl (C=O) groups is 1. The van der Waals surface area contributed by atoms with E-state index in [9.17, 15) is 18.7 Å². The number of nitrogens with one attached hydrogen (secondary N) is 1. The molecule has 196 valence electrons. The number of amides is 1. The summed E-state index contributed by atoms with van der Waals surface area (Å²) < 4.78 is 67.7. The lowest BCUT2D eigenvalue weighted by Crippen LogP contribution is -2.49. The van der Waals surface area contributed by atoms with Gasteiger partial charge >= 0.3 is 6.61 Å². The third-order valence-electron chi connectivity index (χ3n) is 7.05. The predicted octanol–water partition coefficient (Wildman–Crippen LogP) is 3.79. The van der Waals surface area contributed by atoms with Gasteiger partial charge in [-0.2, -0.15) is 8.78 Å². The molecular weight excluding hydrogens is 516 g/mol. The number of hydrogen-bond donors (Lipinski definition) is 3. The lowest BCUT2D eigenvalue weighted by Gasteiger charge is -2.35. The first-order valence-corrected chi connectivity index (χ1v) is 12.0. The van der Waals surface area contributed by atoms with Gasteiger partial charge in [0.1, 0.15) is 17.7 Å². The number of ether oxygens (including phenoxy) is 2. The van der Waals surface area contributed by atoms with Crippen molar-refractivity contribution in [3.8, 4) is 5.75 Å². The summed E-state index contributed by atoms with van der Waals surface area (Å²) in [5.74, 6) is -1.95. The molecule has 1 fully saturated rings. The van der Waals surface area contributed by atoms with Crippen molar-refractivity contribution in [3.05, 3.63) is 81.7 Å². The zero-order chi connectivity index (χ0) is 26.5. The highest BCUT2D eigenvalue weighted by atomic mass is 35.5. The van der Waals surface area contributed by atoms with Crippen molar-refractivity contribution in [2.24, 2.45) is 5.73 Å². The first-order chi connectivity index (χ1) is 17.6. The Morgan fingerprint density at radius 3 is 2.65 bits per heavy atom. The molecule has 5 rings (SSSR count). The van der Waals surface area contributed by atoms with Crippen LogP contribution in [0.5, 0.6) is 5.75 Å². The van der Waals surface area contributed by atoms with E-state index in [1.54, 1.807) is 12.1 Å². The molecule has 37 heavy (non-hydrogen) atoms. The minimum absolute atomic E-state index is 0.0494. The summed E-state index contributed by atoms with van der Waals surface area (Å²) >= 11 is 6.37. The fraction of sp³-hybridized carbons (Fsp3) is 0.346. The van der Waals surface area contributed by atoms with Crippen molar-refractivity contribution >= 4 is 23.1 Å². The van der Waals surface area contributed by atoms with Crippen molar-refractivity contribution in [1.82, 2.24) is 5.32 Å². The van der Waals surface area contributed by atoms with Gasteiger partial charge in [0.15, 0.2) is 11.8 Å². The van der Waals surface area contributed by atoms with Crippen LogP contribution in [0.3, 0.4) is 0 Å². The smallest absolute Gasteiger partial charge is 0.345 e. The van der Waals surface area contributed by atoms with Gasteiger partial charge in [0.25, 0.3) is 0 Å². The van der Waals surface area contributed by atoms with Gasteiger partial charge in [0, 0.05) is 41.3 Å². The van der Waals surface area contributed by atoms with E-state index in [4.69, 9.17) is 22.1 Å². The molecule has 2 aromatic rings. The van der Waals surface area contributed by atoms with Crippen LogP contribution in [0, 0.1) is 5.82 Å². The number of aliphatic hydroxyl groups excluding tert-OH is 1. The van der Waals surface area contributed by atoms with Gasteiger partial charge in [-0.1, -0.05) is 54.1 Å². The summed E-state index contributed by atoms with van der Waals surface area (Å²) in [6, 6.07) is 9.70. The zero-order valence-electron chi connectivity index (χ0n) is 19.3. The molecule has 2 heterocycles. The van der Waals surface area contributed by atoms with Gasteiger partial charge in [-0.3, -0.25) is 4.79 Å². The van der Waals surface area contributed by atoms with E-state index >= 15 is 8.78 Å². The fourth-order valence-electron chi connectivity index (χ4n) is 5.44. The molecule has 1 amide bonds. The summed E-state index contributed by atoms with van der Waals surface area (Å²) in [5.41, 5.74) is 4.35. The topological polar surface area (TPSA) is 93.8 Å². The van der Waals surface area contributed by atoms with E-state index < -0.39 is 59.0 Å². The highest BCUT2D eigenvalue weighted by Gasteiger charge is 2.52. The first-order valence-electron chi connectivity index (χ1n) is 11.6. The molecule has 6 nitrogen and oxygen atoms in total. The van der Waals surface area contributed by atoms with E-state index in [0.717, 1.165) is 18.2 Å². The highest BCUT2D eigenvalue weighted by molar-refractivity contribution is 6.33. The minimum atomic E-state index is -3.30. The normalized spacial score (nSPS) is 29.1. The van der Waals surface area contributed by atoms with Gasteiger partial charge in [0.2, 0.25) is 5.91 Å². The molecule has 0 aromatic heterocycles. The SMILES string of the molecule is NC(=O)C1=C(c2c(Cl)c(F)cc3c2C[C@](c2ccccc2)(C2CC(O)CN2)O3)C(F)C(OC(F)F)C=C1. The third kappa shape index (κ3) is 4.41. The number of primary amides is 1. The molecule has 0 radical (unpaired) electrons. The molecule has 2 aliphatic heterocycles. The Morgan fingerprint density at radius 2 is 2.03 bits per heavy atom. The largest absolute Gasteiger partial charge is 0.480 e. The average Bonchev–Trinajstić information content (AvgIpc) is 3.46. The Balaban J connectivity index is 1.70. The van der Waals surface area contributed by atoms with Gasteiger partial charge in [-0.05, 0) is 12.0 Å². The van der Waals surface area contributed by atoms with Crippen molar-refractivity contribution in [2.75, 3.05) is 6.54 Å². The van der Waals surface area contributed by atoms with E-state index in [1.165, 1.54) is 0 Å². The van der Waals surface area contributed by atoms with Crippen LogP contribution in [0.15, 0.2) is 54.1 Å². The van der Waals surface area contributed by atoms with Crippen LogP contribution in [0.2, 0.25) is 5.02 Å². The number of β-amino-alcohol motifs (C(OH)–C–C–N with tert-alkyl or cyclic N) is 1. The number of carbonyl (C=O) groups excluding carboxylic acids is 1. The molecule has 0 saturated carbocycles. The maximum absolute atomic E-state index is 15.8. The van der Waals surface area contributed by atoms with Crippen molar-refractivity contribution in [1.29, 1.82) is 0 Å². The molecular formula is C26H23ClF4N2O4. The van der Waals surface area contributed by atoms with E-state index in [1.807, 2.05) is 18.2 Å². The zero-order valence-corrected chi connectivity index (χ0v) is 20.0. The highest BCUT2D eigenvalue weighted by Crippen LogP contribution is 2.51. The summed E-state index contributed by atoms with van der Waals surface area (Å²) in [4.78, 5) is 12.3. The van der Waals surface area contributed by atoms with E-state index in [-0.39, 0.29) is 28.9 Å². The maximum Gasteiger partial charge on any atom is 0.345 e. The van der Waals surface area contributed by atoms with Gasteiger partial charge in [-0.15, -0.1) is 0 Å². The van der Waals surface area contributed by atoms with Crippen LogP contribution in [0.25, 0.3) is 5.57 Å². The monoisotopic (exact) mass is 538 g/mol. The van der Waals surface area contributed by atoms with Crippen molar-refractivity contribution in [3.63, 3.8) is 0 Å².